The van der Waals surface area contributed by atoms with E-state index in [-0.39, 0.29) is 6.03 Å². The van der Waals surface area contributed by atoms with Crippen LogP contribution in [0.2, 0.25) is 0 Å². The summed E-state index contributed by atoms with van der Waals surface area (Å²) in [4.78, 5) is 18.6. The predicted octanol–water partition coefficient (Wildman–Crippen LogP) is 3.77. The Bertz CT molecular complexity index is 974. The lowest BCUT2D eigenvalue weighted by atomic mass is 10.1. The highest BCUT2D eigenvalue weighted by Gasteiger charge is 2.25. The van der Waals surface area contributed by atoms with Gasteiger partial charge in [0.25, 0.3) is 0 Å². The zero-order valence-corrected chi connectivity index (χ0v) is 16.9. The molecule has 6 heteroatoms. The molecule has 1 aliphatic rings. The van der Waals surface area contributed by atoms with Gasteiger partial charge in [-0.15, -0.1) is 0 Å². The van der Waals surface area contributed by atoms with Gasteiger partial charge < -0.3 is 21.3 Å². The van der Waals surface area contributed by atoms with Crippen molar-refractivity contribution < 1.29 is 4.79 Å². The number of nitrogens with zero attached hydrogens (tertiary/aromatic N) is 2. The second-order valence-corrected chi connectivity index (χ2v) is 7.58. The van der Waals surface area contributed by atoms with Gasteiger partial charge in [-0.05, 0) is 49.2 Å². The Hall–Kier alpha value is -3.38. The topological polar surface area (TPSA) is 83.3 Å². The van der Waals surface area contributed by atoms with Gasteiger partial charge in [0, 0.05) is 30.4 Å². The number of para-hydroxylation sites is 1. The molecule has 1 saturated heterocycles. The normalized spacial score (nSPS) is 15.9. The summed E-state index contributed by atoms with van der Waals surface area (Å²) in [6.07, 6.45) is 1.92. The first-order valence-electron chi connectivity index (χ1n) is 10.3. The summed E-state index contributed by atoms with van der Waals surface area (Å²) in [5.74, 6) is 0.531. The molecule has 2 heterocycles. The number of carbonyl (C=O) groups excluding carboxylic acids is 1. The van der Waals surface area contributed by atoms with E-state index in [2.05, 4.69) is 39.9 Å². The molecule has 4 N–H and O–H groups in total. The van der Waals surface area contributed by atoms with Crippen molar-refractivity contribution in [2.45, 2.75) is 18.9 Å². The number of urea groups is 1. The van der Waals surface area contributed by atoms with Crippen LogP contribution in [0.3, 0.4) is 0 Å². The molecule has 0 aliphatic carbocycles. The number of likely N-dealkylation sites (tertiary alicyclic amines) is 1. The second kappa shape index (κ2) is 9.41. The van der Waals surface area contributed by atoms with E-state index in [0.717, 1.165) is 49.4 Å². The van der Waals surface area contributed by atoms with Crippen LogP contribution in [0.4, 0.5) is 16.3 Å². The lowest BCUT2D eigenvalue weighted by Gasteiger charge is -2.18. The summed E-state index contributed by atoms with van der Waals surface area (Å²) < 4.78 is 0. The molecule has 0 radical (unpaired) electrons. The third kappa shape index (κ3) is 5.15. The number of amides is 2. The number of nitrogen functional groups attached to an aromatic ring is 1. The highest BCUT2D eigenvalue weighted by molar-refractivity contribution is 5.89. The molecule has 0 saturated carbocycles. The number of hydrogen-bond acceptors (Lipinski definition) is 4. The Labute approximate surface area is 177 Å². The van der Waals surface area contributed by atoms with E-state index in [1.54, 1.807) is 6.07 Å². The molecular formula is C24H27N5O. The lowest BCUT2D eigenvalue weighted by Crippen LogP contribution is -2.37. The van der Waals surface area contributed by atoms with Crippen molar-refractivity contribution in [1.29, 1.82) is 0 Å². The first-order valence-corrected chi connectivity index (χ1v) is 10.3. The largest absolute Gasteiger partial charge is 0.384 e. The Morgan fingerprint density at radius 1 is 1.03 bits per heavy atom. The number of hydrogen-bond donors (Lipinski definition) is 3. The summed E-state index contributed by atoms with van der Waals surface area (Å²) in [6, 6.07) is 24.0. The number of nitrogens with two attached hydrogens (primary N) is 1. The summed E-state index contributed by atoms with van der Waals surface area (Å²) in [6.45, 7) is 2.39. The van der Waals surface area contributed by atoms with Gasteiger partial charge in [0.2, 0.25) is 0 Å². The van der Waals surface area contributed by atoms with E-state index in [9.17, 15) is 4.79 Å². The average molecular weight is 402 g/mol. The molecule has 0 bridgehead atoms. The number of nitrogens with one attached hydrogen (secondary N) is 2. The van der Waals surface area contributed by atoms with Crippen molar-refractivity contribution in [2.24, 2.45) is 0 Å². The van der Waals surface area contributed by atoms with Gasteiger partial charge in [-0.1, -0.05) is 48.5 Å². The fourth-order valence-electron chi connectivity index (χ4n) is 3.71. The van der Waals surface area contributed by atoms with Gasteiger partial charge in [0.15, 0.2) is 0 Å². The van der Waals surface area contributed by atoms with Crippen molar-refractivity contribution >= 4 is 17.5 Å². The standard InChI is InChI=1S/C24H27N5O/c25-23-8-4-7-22(28-23)19-11-9-18(10-12-19)13-15-26-21-14-16-29(17-21)24(30)27-20-5-2-1-3-6-20/h1-12,21,26H,13-17H2,(H2,25,28)(H,27,30). The van der Waals surface area contributed by atoms with Crippen LogP contribution in [0.25, 0.3) is 11.3 Å². The Kier molecular flexibility index (Phi) is 6.25. The van der Waals surface area contributed by atoms with Crippen molar-refractivity contribution in [3.8, 4) is 11.3 Å². The SMILES string of the molecule is Nc1cccc(-c2ccc(CCNC3CCN(C(=O)Nc4ccccc4)C3)cc2)n1. The van der Waals surface area contributed by atoms with Gasteiger partial charge in [-0.3, -0.25) is 0 Å². The Balaban J connectivity index is 1.22. The van der Waals surface area contributed by atoms with Crippen molar-refractivity contribution in [3.05, 3.63) is 78.4 Å². The average Bonchev–Trinajstić information content (AvgIpc) is 3.24. The van der Waals surface area contributed by atoms with Crippen LogP contribution in [-0.4, -0.2) is 41.6 Å². The highest BCUT2D eigenvalue weighted by Crippen LogP contribution is 2.19. The minimum absolute atomic E-state index is 0.0313. The van der Waals surface area contributed by atoms with Crippen molar-refractivity contribution in [1.82, 2.24) is 15.2 Å². The molecule has 2 amide bonds. The lowest BCUT2D eigenvalue weighted by molar-refractivity contribution is 0.221. The zero-order valence-electron chi connectivity index (χ0n) is 16.9. The number of pyridine rings is 1. The van der Waals surface area contributed by atoms with Gasteiger partial charge in [0.1, 0.15) is 5.82 Å². The molecular weight excluding hydrogens is 374 g/mol. The highest BCUT2D eigenvalue weighted by atomic mass is 16.2. The van der Waals surface area contributed by atoms with Crippen LogP contribution in [0.5, 0.6) is 0 Å². The quantitative estimate of drug-likeness (QED) is 0.587. The number of anilines is 2. The molecule has 1 unspecified atom stereocenters. The van der Waals surface area contributed by atoms with Gasteiger partial charge in [-0.2, -0.15) is 0 Å². The van der Waals surface area contributed by atoms with E-state index in [1.807, 2.05) is 47.4 Å². The van der Waals surface area contributed by atoms with Gasteiger partial charge in [0.05, 0.1) is 5.69 Å². The summed E-state index contributed by atoms with van der Waals surface area (Å²) in [5.41, 5.74) is 9.82. The first kappa shape index (κ1) is 19.9. The molecule has 0 spiro atoms. The number of carbonyl (C=O) groups is 1. The number of aromatic nitrogens is 1. The van der Waals surface area contributed by atoms with E-state index >= 15 is 0 Å². The molecule has 1 aromatic heterocycles. The molecule has 30 heavy (non-hydrogen) atoms. The Morgan fingerprint density at radius 2 is 1.83 bits per heavy atom. The third-order valence-electron chi connectivity index (χ3n) is 5.37. The molecule has 4 rings (SSSR count). The van der Waals surface area contributed by atoms with Gasteiger partial charge >= 0.3 is 6.03 Å². The van der Waals surface area contributed by atoms with Gasteiger partial charge in [-0.25, -0.2) is 9.78 Å². The Morgan fingerprint density at radius 3 is 2.60 bits per heavy atom. The van der Waals surface area contributed by atoms with Crippen molar-refractivity contribution in [2.75, 3.05) is 30.7 Å². The maximum Gasteiger partial charge on any atom is 0.321 e. The summed E-state index contributed by atoms with van der Waals surface area (Å²) in [5, 5.41) is 6.54. The number of rotatable bonds is 6. The molecule has 1 atom stereocenters. The summed E-state index contributed by atoms with van der Waals surface area (Å²) in [7, 11) is 0. The zero-order chi connectivity index (χ0) is 20.8. The van der Waals surface area contributed by atoms with E-state index in [4.69, 9.17) is 5.73 Å². The van der Waals surface area contributed by atoms with Crippen LogP contribution in [0.1, 0.15) is 12.0 Å². The second-order valence-electron chi connectivity index (χ2n) is 7.58. The van der Waals surface area contributed by atoms with Crippen LogP contribution < -0.4 is 16.4 Å². The minimum Gasteiger partial charge on any atom is -0.384 e. The third-order valence-corrected chi connectivity index (χ3v) is 5.37. The fraction of sp³-hybridized carbons (Fsp3) is 0.250. The molecule has 1 aliphatic heterocycles. The maximum absolute atomic E-state index is 12.4. The molecule has 2 aromatic carbocycles. The number of benzene rings is 2. The monoisotopic (exact) mass is 401 g/mol. The maximum atomic E-state index is 12.4. The predicted molar refractivity (Wildman–Crippen MR) is 121 cm³/mol. The molecule has 3 aromatic rings. The van der Waals surface area contributed by atoms with Crippen LogP contribution in [0.15, 0.2) is 72.8 Å². The molecule has 6 nitrogen and oxygen atoms in total. The minimum atomic E-state index is -0.0313. The molecule has 1 fully saturated rings. The fourth-order valence-corrected chi connectivity index (χ4v) is 3.71. The molecule has 154 valence electrons. The van der Waals surface area contributed by atoms with Crippen LogP contribution in [-0.2, 0) is 6.42 Å². The smallest absolute Gasteiger partial charge is 0.321 e. The van der Waals surface area contributed by atoms with E-state index in [0.29, 0.717) is 11.9 Å². The van der Waals surface area contributed by atoms with Crippen molar-refractivity contribution in [3.63, 3.8) is 0 Å². The van der Waals surface area contributed by atoms with E-state index < -0.39 is 0 Å². The first-order chi connectivity index (χ1) is 14.7. The van der Waals surface area contributed by atoms with Crippen LogP contribution in [0, 0.1) is 0 Å². The van der Waals surface area contributed by atoms with Crippen LogP contribution >= 0.6 is 0 Å². The summed E-state index contributed by atoms with van der Waals surface area (Å²) >= 11 is 0. The van der Waals surface area contributed by atoms with E-state index in [1.165, 1.54) is 5.56 Å².